The summed E-state index contributed by atoms with van der Waals surface area (Å²) in [5, 5.41) is 23.0. The van der Waals surface area contributed by atoms with E-state index < -0.39 is 6.10 Å². The molecule has 0 saturated heterocycles. The average Bonchev–Trinajstić information content (AvgIpc) is 2.68. The lowest BCUT2D eigenvalue weighted by Gasteiger charge is -2.21. The topological polar surface area (TPSA) is 81.5 Å². The number of anilines is 2. The second kappa shape index (κ2) is 8.05. The molecule has 2 atom stereocenters. The molecule has 0 fully saturated rings. The lowest BCUT2D eigenvalue weighted by atomic mass is 10.0. The minimum absolute atomic E-state index is 0.169. The maximum Gasteiger partial charge on any atom is 0.223 e. The molecule has 0 unspecified atom stereocenters. The van der Waals surface area contributed by atoms with E-state index in [1.165, 1.54) is 0 Å². The number of nitrogens with one attached hydrogen (secondary N) is 1. The van der Waals surface area contributed by atoms with Crippen molar-refractivity contribution in [2.24, 2.45) is 0 Å². The Morgan fingerprint density at radius 2 is 1.63 bits per heavy atom. The van der Waals surface area contributed by atoms with Gasteiger partial charge in [0.2, 0.25) is 5.95 Å². The van der Waals surface area contributed by atoms with E-state index in [0.717, 1.165) is 16.9 Å². The van der Waals surface area contributed by atoms with Gasteiger partial charge in [0.1, 0.15) is 5.75 Å². The van der Waals surface area contributed by atoms with Crippen LogP contribution in [0.4, 0.5) is 11.6 Å². The van der Waals surface area contributed by atoms with Gasteiger partial charge in [-0.25, -0.2) is 9.97 Å². The number of aliphatic hydroxyl groups excluding tert-OH is 1. The van der Waals surface area contributed by atoms with E-state index in [-0.39, 0.29) is 11.8 Å². The van der Waals surface area contributed by atoms with Crippen LogP contribution in [0, 0.1) is 0 Å². The molecule has 1 aromatic heterocycles. The Morgan fingerprint density at radius 3 is 2.26 bits per heavy atom. The first-order valence-electron chi connectivity index (χ1n) is 8.78. The zero-order valence-corrected chi connectivity index (χ0v) is 15.7. The van der Waals surface area contributed by atoms with Crippen molar-refractivity contribution in [3.05, 3.63) is 66.4 Å². The summed E-state index contributed by atoms with van der Waals surface area (Å²) in [5.74, 6) is 0.623. The summed E-state index contributed by atoms with van der Waals surface area (Å²) in [4.78, 5) is 10.9. The van der Waals surface area contributed by atoms with Gasteiger partial charge in [-0.15, -0.1) is 0 Å². The second-order valence-corrected chi connectivity index (χ2v) is 6.68. The van der Waals surface area contributed by atoms with Gasteiger partial charge in [0, 0.05) is 31.5 Å². The highest BCUT2D eigenvalue weighted by molar-refractivity contribution is 5.63. The van der Waals surface area contributed by atoms with Crippen molar-refractivity contribution in [3.63, 3.8) is 0 Å². The van der Waals surface area contributed by atoms with Gasteiger partial charge in [-0.3, -0.25) is 0 Å². The summed E-state index contributed by atoms with van der Waals surface area (Å²) in [5.41, 5.74) is 3.64. The third kappa shape index (κ3) is 4.54. The lowest BCUT2D eigenvalue weighted by molar-refractivity contribution is 0.160. The van der Waals surface area contributed by atoms with Crippen molar-refractivity contribution in [1.82, 2.24) is 9.97 Å². The van der Waals surface area contributed by atoms with E-state index >= 15 is 0 Å². The molecule has 6 nitrogen and oxygen atoms in total. The molecule has 0 radical (unpaired) electrons. The number of hydrogen-bond acceptors (Lipinski definition) is 6. The van der Waals surface area contributed by atoms with E-state index in [4.69, 9.17) is 0 Å². The standard InChI is InChI=1S/C21H24N4O2/c1-14(20(27)16-6-10-18(26)11-7-16)23-21-22-13-12-19(24-21)15-4-8-17(9-5-15)25(2)3/h4-14,20,26-27H,1-3H3,(H,22,23,24)/t14-,20-/m1/s1. The molecular weight excluding hydrogens is 340 g/mol. The molecule has 0 bridgehead atoms. The summed E-state index contributed by atoms with van der Waals surface area (Å²) < 4.78 is 0. The molecule has 3 N–H and O–H groups in total. The number of aliphatic hydroxyl groups is 1. The van der Waals surface area contributed by atoms with Crippen LogP contribution < -0.4 is 10.2 Å². The Balaban J connectivity index is 1.74. The monoisotopic (exact) mass is 364 g/mol. The minimum Gasteiger partial charge on any atom is -0.508 e. The van der Waals surface area contributed by atoms with E-state index in [9.17, 15) is 10.2 Å². The van der Waals surface area contributed by atoms with Crippen LogP contribution in [0.1, 0.15) is 18.6 Å². The van der Waals surface area contributed by atoms with Crippen LogP contribution in [0.5, 0.6) is 5.75 Å². The van der Waals surface area contributed by atoms with Gasteiger partial charge < -0.3 is 20.4 Å². The summed E-state index contributed by atoms with van der Waals surface area (Å²) >= 11 is 0. The van der Waals surface area contributed by atoms with E-state index in [2.05, 4.69) is 15.3 Å². The van der Waals surface area contributed by atoms with Gasteiger partial charge in [0.25, 0.3) is 0 Å². The van der Waals surface area contributed by atoms with E-state index in [1.807, 2.05) is 56.3 Å². The fourth-order valence-electron chi connectivity index (χ4n) is 2.76. The Labute approximate surface area is 159 Å². The molecule has 3 aromatic rings. The fraction of sp³-hybridized carbons (Fsp3) is 0.238. The predicted molar refractivity (Wildman–Crippen MR) is 108 cm³/mol. The summed E-state index contributed by atoms with van der Waals surface area (Å²) in [6.45, 7) is 1.86. The smallest absolute Gasteiger partial charge is 0.223 e. The number of aromatic nitrogens is 2. The first-order valence-corrected chi connectivity index (χ1v) is 8.78. The normalized spacial score (nSPS) is 13.0. The van der Waals surface area contributed by atoms with E-state index in [1.54, 1.807) is 30.5 Å². The Morgan fingerprint density at radius 1 is 0.963 bits per heavy atom. The van der Waals surface area contributed by atoms with Crippen LogP contribution in [0.2, 0.25) is 0 Å². The molecule has 0 amide bonds. The number of nitrogens with zero attached hydrogens (tertiary/aromatic N) is 3. The zero-order chi connectivity index (χ0) is 19.4. The zero-order valence-electron chi connectivity index (χ0n) is 15.7. The number of aromatic hydroxyl groups is 1. The number of benzene rings is 2. The van der Waals surface area contributed by atoms with Gasteiger partial charge in [-0.05, 0) is 42.8 Å². The number of rotatable bonds is 6. The van der Waals surface area contributed by atoms with Crippen molar-refractivity contribution in [3.8, 4) is 17.0 Å². The summed E-state index contributed by atoms with van der Waals surface area (Å²) in [7, 11) is 4.00. The molecule has 6 heteroatoms. The third-order valence-electron chi connectivity index (χ3n) is 4.40. The second-order valence-electron chi connectivity index (χ2n) is 6.68. The largest absolute Gasteiger partial charge is 0.508 e. The van der Waals surface area contributed by atoms with Crippen molar-refractivity contribution >= 4 is 11.6 Å². The van der Waals surface area contributed by atoms with Crippen molar-refractivity contribution < 1.29 is 10.2 Å². The molecule has 0 aliphatic carbocycles. The Bertz CT molecular complexity index is 879. The van der Waals surface area contributed by atoms with Gasteiger partial charge in [0.15, 0.2) is 0 Å². The SMILES string of the molecule is C[C@@H](Nc1nccc(-c2ccc(N(C)C)cc2)n1)[C@@H](O)c1ccc(O)cc1. The fourth-order valence-corrected chi connectivity index (χ4v) is 2.76. The van der Waals surface area contributed by atoms with Crippen LogP contribution in [-0.2, 0) is 0 Å². The Kier molecular flexibility index (Phi) is 5.57. The van der Waals surface area contributed by atoms with Crippen LogP contribution in [0.25, 0.3) is 11.3 Å². The van der Waals surface area contributed by atoms with Crippen molar-refractivity contribution in [1.29, 1.82) is 0 Å². The van der Waals surface area contributed by atoms with Gasteiger partial charge in [-0.2, -0.15) is 0 Å². The first kappa shape index (κ1) is 18.7. The van der Waals surface area contributed by atoms with E-state index in [0.29, 0.717) is 11.5 Å². The molecule has 27 heavy (non-hydrogen) atoms. The number of hydrogen-bond donors (Lipinski definition) is 3. The van der Waals surface area contributed by atoms with Crippen LogP contribution in [0.3, 0.4) is 0 Å². The number of phenols is 1. The molecule has 2 aromatic carbocycles. The molecule has 140 valence electrons. The number of phenolic OH excluding ortho intramolecular Hbond substituents is 1. The summed E-state index contributed by atoms with van der Waals surface area (Å²) in [6, 6.07) is 16.2. The maximum absolute atomic E-state index is 10.5. The molecule has 1 heterocycles. The highest BCUT2D eigenvalue weighted by atomic mass is 16.3. The summed E-state index contributed by atoms with van der Waals surface area (Å²) in [6.07, 6.45) is 0.946. The first-order chi connectivity index (χ1) is 12.9. The molecule has 0 aliphatic rings. The lowest BCUT2D eigenvalue weighted by Crippen LogP contribution is -2.25. The highest BCUT2D eigenvalue weighted by Gasteiger charge is 2.17. The minimum atomic E-state index is -0.753. The maximum atomic E-state index is 10.5. The molecule has 0 spiro atoms. The van der Waals surface area contributed by atoms with Crippen molar-refractivity contribution in [2.45, 2.75) is 19.1 Å². The van der Waals surface area contributed by atoms with Gasteiger partial charge >= 0.3 is 0 Å². The molecule has 3 rings (SSSR count). The quantitative estimate of drug-likeness (QED) is 0.622. The highest BCUT2D eigenvalue weighted by Crippen LogP contribution is 2.24. The van der Waals surface area contributed by atoms with Crippen LogP contribution >= 0.6 is 0 Å². The van der Waals surface area contributed by atoms with Crippen LogP contribution in [0.15, 0.2) is 60.8 Å². The molecular formula is C21H24N4O2. The molecule has 0 saturated carbocycles. The average molecular weight is 364 g/mol. The van der Waals surface area contributed by atoms with Gasteiger partial charge in [-0.1, -0.05) is 24.3 Å². The molecule has 0 aliphatic heterocycles. The van der Waals surface area contributed by atoms with Crippen molar-refractivity contribution in [2.75, 3.05) is 24.3 Å². The Hall–Kier alpha value is -3.12. The third-order valence-corrected chi connectivity index (χ3v) is 4.40. The van der Waals surface area contributed by atoms with Crippen LogP contribution in [-0.4, -0.2) is 40.3 Å². The van der Waals surface area contributed by atoms with Gasteiger partial charge in [0.05, 0.1) is 17.8 Å². The predicted octanol–water partition coefficient (Wildman–Crippen LogP) is 3.45.